The molecule has 0 radical (unpaired) electrons. The topological polar surface area (TPSA) is 99.9 Å². The van der Waals surface area contributed by atoms with E-state index in [9.17, 15) is 18.8 Å². The molecule has 1 heterocycles. The van der Waals surface area contributed by atoms with Crippen molar-refractivity contribution in [2.75, 3.05) is 13.1 Å². The highest BCUT2D eigenvalue weighted by molar-refractivity contribution is 5.99. The molecule has 0 aliphatic rings. The largest absolute Gasteiger partial charge is 0.481 e. The van der Waals surface area contributed by atoms with E-state index in [1.165, 1.54) is 23.3 Å². The van der Waals surface area contributed by atoms with Gasteiger partial charge >= 0.3 is 5.97 Å². The molecule has 0 saturated carbocycles. The fourth-order valence-electron chi connectivity index (χ4n) is 2.57. The van der Waals surface area contributed by atoms with E-state index in [4.69, 9.17) is 9.52 Å². The number of furan rings is 1. The normalized spacial score (nSPS) is 10.5. The lowest BCUT2D eigenvalue weighted by Crippen LogP contribution is -2.40. The van der Waals surface area contributed by atoms with E-state index in [-0.39, 0.29) is 42.7 Å². The van der Waals surface area contributed by atoms with E-state index >= 15 is 0 Å². The second-order valence-corrected chi connectivity index (χ2v) is 6.01. The zero-order chi connectivity index (χ0) is 20.0. The molecule has 1 aromatic carbocycles. The number of nitrogens with zero attached hydrogens (tertiary/aromatic N) is 1. The molecule has 1 aromatic heterocycles. The molecule has 0 spiro atoms. The summed E-state index contributed by atoms with van der Waals surface area (Å²) < 4.78 is 18.1. The number of nitrogens with one attached hydrogen (secondary N) is 1. The fourth-order valence-corrected chi connectivity index (χ4v) is 2.57. The first-order chi connectivity index (χ1) is 12.8. The van der Waals surface area contributed by atoms with E-state index < -0.39 is 18.3 Å². The minimum atomic E-state index is -1.11. The van der Waals surface area contributed by atoms with Gasteiger partial charge in [-0.2, -0.15) is 0 Å². The molecule has 144 valence electrons. The number of carbonyl (C=O) groups excluding carboxylic acids is 2. The molecule has 2 aromatic rings. The number of aryl methyl sites for hydroxylation is 1. The molecule has 0 saturated heterocycles. The minimum Gasteiger partial charge on any atom is -0.481 e. The summed E-state index contributed by atoms with van der Waals surface area (Å²) in [5.41, 5.74) is 1.42. The van der Waals surface area contributed by atoms with Gasteiger partial charge in [0.2, 0.25) is 5.91 Å². The highest BCUT2D eigenvalue weighted by Crippen LogP contribution is 2.19. The standard InChI is InChI=1S/C19H21FN2O5/c1-3-22(10-16(23)21-9-13-4-6-14(20)7-5-13)19(26)18-12(2)11-27-15(18)8-17(24)25/h4-7,11H,3,8-10H2,1-2H3,(H,21,23)(H,24,25). The Bertz CT molecular complexity index is 829. The smallest absolute Gasteiger partial charge is 0.311 e. The van der Waals surface area contributed by atoms with Crippen molar-refractivity contribution < 1.29 is 28.3 Å². The number of hydrogen-bond donors (Lipinski definition) is 2. The lowest BCUT2D eigenvalue weighted by Gasteiger charge is -2.20. The number of carboxylic acid groups (broad SMARTS) is 1. The molecule has 27 heavy (non-hydrogen) atoms. The van der Waals surface area contributed by atoms with Crippen molar-refractivity contribution in [3.8, 4) is 0 Å². The molecule has 8 heteroatoms. The lowest BCUT2D eigenvalue weighted by molar-refractivity contribution is -0.136. The zero-order valence-electron chi connectivity index (χ0n) is 15.1. The SMILES string of the molecule is CCN(CC(=O)NCc1ccc(F)cc1)C(=O)c1c(C)coc1CC(=O)O. The molecule has 0 bridgehead atoms. The number of rotatable bonds is 8. The van der Waals surface area contributed by atoms with Gasteiger partial charge in [-0.3, -0.25) is 14.4 Å². The van der Waals surface area contributed by atoms with Gasteiger partial charge in [0.25, 0.3) is 5.91 Å². The summed E-state index contributed by atoms with van der Waals surface area (Å²) in [7, 11) is 0. The zero-order valence-corrected chi connectivity index (χ0v) is 15.1. The number of aliphatic carboxylic acids is 1. The highest BCUT2D eigenvalue weighted by atomic mass is 19.1. The van der Waals surface area contributed by atoms with Gasteiger partial charge in [0.1, 0.15) is 18.0 Å². The van der Waals surface area contributed by atoms with Crippen LogP contribution in [-0.2, 0) is 22.6 Å². The maximum Gasteiger partial charge on any atom is 0.311 e. The van der Waals surface area contributed by atoms with E-state index in [2.05, 4.69) is 5.32 Å². The molecule has 0 fully saturated rings. The Hall–Kier alpha value is -3.16. The van der Waals surface area contributed by atoms with Crippen LogP contribution in [0.2, 0.25) is 0 Å². The molecular weight excluding hydrogens is 355 g/mol. The monoisotopic (exact) mass is 376 g/mol. The Morgan fingerprint density at radius 1 is 1.22 bits per heavy atom. The number of hydrogen-bond acceptors (Lipinski definition) is 4. The van der Waals surface area contributed by atoms with Crippen molar-refractivity contribution in [3.63, 3.8) is 0 Å². The molecule has 2 N–H and O–H groups in total. The van der Waals surface area contributed by atoms with Crippen LogP contribution in [0.3, 0.4) is 0 Å². The molecular formula is C19H21FN2O5. The van der Waals surface area contributed by atoms with Crippen LogP contribution in [0.25, 0.3) is 0 Å². The van der Waals surface area contributed by atoms with Gasteiger partial charge in [-0.25, -0.2) is 4.39 Å². The number of carbonyl (C=O) groups is 3. The van der Waals surface area contributed by atoms with Gasteiger partial charge in [0, 0.05) is 18.7 Å². The van der Waals surface area contributed by atoms with E-state index in [1.807, 2.05) is 0 Å². The first-order valence-corrected chi connectivity index (χ1v) is 8.41. The Balaban J connectivity index is 2.02. The van der Waals surface area contributed by atoms with Crippen molar-refractivity contribution in [2.45, 2.75) is 26.8 Å². The third kappa shape index (κ3) is 5.40. The maximum atomic E-state index is 12.9. The van der Waals surface area contributed by atoms with Crippen LogP contribution in [0.1, 0.15) is 34.2 Å². The van der Waals surface area contributed by atoms with Gasteiger partial charge in [0.15, 0.2) is 0 Å². The van der Waals surface area contributed by atoms with Crippen molar-refractivity contribution in [1.29, 1.82) is 0 Å². The van der Waals surface area contributed by atoms with Crippen molar-refractivity contribution in [3.05, 3.63) is 58.8 Å². The van der Waals surface area contributed by atoms with Crippen LogP contribution in [0.4, 0.5) is 4.39 Å². The van der Waals surface area contributed by atoms with Gasteiger partial charge in [-0.15, -0.1) is 0 Å². The summed E-state index contributed by atoms with van der Waals surface area (Å²) >= 11 is 0. The maximum absolute atomic E-state index is 12.9. The van der Waals surface area contributed by atoms with Crippen LogP contribution in [-0.4, -0.2) is 40.9 Å². The average molecular weight is 376 g/mol. The predicted molar refractivity (Wildman–Crippen MR) is 94.6 cm³/mol. The van der Waals surface area contributed by atoms with Crippen LogP contribution in [0, 0.1) is 12.7 Å². The van der Waals surface area contributed by atoms with Crippen LogP contribution in [0.5, 0.6) is 0 Å². The van der Waals surface area contributed by atoms with Crippen LogP contribution < -0.4 is 5.32 Å². The number of likely N-dealkylation sites (N-methyl/N-ethyl adjacent to an activating group) is 1. The summed E-state index contributed by atoms with van der Waals surface area (Å²) in [6.07, 6.45) is 0.914. The Morgan fingerprint density at radius 3 is 2.48 bits per heavy atom. The summed E-state index contributed by atoms with van der Waals surface area (Å²) in [5, 5.41) is 11.6. The van der Waals surface area contributed by atoms with Crippen LogP contribution >= 0.6 is 0 Å². The first kappa shape index (κ1) is 20.2. The van der Waals surface area contributed by atoms with Crippen molar-refractivity contribution in [1.82, 2.24) is 10.2 Å². The Morgan fingerprint density at radius 2 is 1.89 bits per heavy atom. The predicted octanol–water partition coefficient (Wildman–Crippen LogP) is 2.13. The van der Waals surface area contributed by atoms with Crippen molar-refractivity contribution in [2.24, 2.45) is 0 Å². The summed E-state index contributed by atoms with van der Waals surface area (Å²) in [6, 6.07) is 5.72. The number of halogens is 1. The minimum absolute atomic E-state index is 0.0650. The van der Waals surface area contributed by atoms with Crippen molar-refractivity contribution >= 4 is 17.8 Å². The molecule has 0 unspecified atom stereocenters. The summed E-state index contributed by atoms with van der Waals surface area (Å²) in [6.45, 7) is 3.65. The second kappa shape index (κ2) is 8.98. The Kier molecular flexibility index (Phi) is 6.70. The van der Waals surface area contributed by atoms with E-state index in [0.29, 0.717) is 5.56 Å². The first-order valence-electron chi connectivity index (χ1n) is 8.41. The van der Waals surface area contributed by atoms with Gasteiger partial charge in [-0.05, 0) is 31.5 Å². The van der Waals surface area contributed by atoms with Gasteiger partial charge in [0.05, 0.1) is 18.4 Å². The average Bonchev–Trinajstić information content (AvgIpc) is 2.98. The molecule has 0 atom stereocenters. The number of amides is 2. The quantitative estimate of drug-likeness (QED) is 0.735. The second-order valence-electron chi connectivity index (χ2n) is 6.01. The van der Waals surface area contributed by atoms with Gasteiger partial charge < -0.3 is 19.7 Å². The van der Waals surface area contributed by atoms with E-state index in [1.54, 1.807) is 26.0 Å². The number of carboxylic acids is 1. The highest BCUT2D eigenvalue weighted by Gasteiger charge is 2.25. The molecule has 0 aliphatic heterocycles. The van der Waals surface area contributed by atoms with Gasteiger partial charge in [-0.1, -0.05) is 12.1 Å². The fraction of sp³-hybridized carbons (Fsp3) is 0.316. The molecule has 2 rings (SSSR count). The third-order valence-electron chi connectivity index (χ3n) is 3.98. The Labute approximate surface area is 155 Å². The lowest BCUT2D eigenvalue weighted by atomic mass is 10.1. The summed E-state index contributed by atoms with van der Waals surface area (Å²) in [5.74, 6) is -2.25. The molecule has 0 aliphatic carbocycles. The van der Waals surface area contributed by atoms with E-state index in [0.717, 1.165) is 5.56 Å². The van der Waals surface area contributed by atoms with Crippen LogP contribution in [0.15, 0.2) is 34.9 Å². The number of benzene rings is 1. The third-order valence-corrected chi connectivity index (χ3v) is 3.98. The summed E-state index contributed by atoms with van der Waals surface area (Å²) in [4.78, 5) is 37.2. The molecule has 2 amide bonds. The molecule has 7 nitrogen and oxygen atoms in total.